The average Bonchev–Trinajstić information content (AvgIpc) is 2.75. The van der Waals surface area contributed by atoms with Gasteiger partial charge in [0.05, 0.1) is 12.6 Å². The number of nitrogens with zero attached hydrogens (tertiary/aromatic N) is 1. The number of rotatable bonds is 7. The molecule has 33 heavy (non-hydrogen) atoms. The first kappa shape index (κ1) is 25.8. The molecule has 0 saturated carbocycles. The van der Waals surface area contributed by atoms with Crippen LogP contribution < -0.4 is 5.32 Å². The molecular formula is C20H18Cl2F3N3O4S. The summed E-state index contributed by atoms with van der Waals surface area (Å²) in [5.41, 5.74) is 5.74. The van der Waals surface area contributed by atoms with E-state index in [9.17, 15) is 28.5 Å². The number of hydrogen-bond acceptors (Lipinski definition) is 8. The van der Waals surface area contributed by atoms with Crippen LogP contribution in [0.2, 0.25) is 10.0 Å². The molecule has 0 aromatic heterocycles. The third-order valence-corrected chi connectivity index (χ3v) is 6.35. The van der Waals surface area contributed by atoms with Crippen molar-refractivity contribution in [1.29, 1.82) is 5.53 Å². The molecule has 2 aromatic carbocycles. The molecule has 1 fully saturated rings. The lowest BCUT2D eigenvalue weighted by Gasteiger charge is -2.42. The molecule has 5 atom stereocenters. The van der Waals surface area contributed by atoms with Crippen molar-refractivity contribution in [2.75, 3.05) is 6.61 Å². The van der Waals surface area contributed by atoms with Gasteiger partial charge in [0.25, 0.3) is 0 Å². The third-order valence-electron chi connectivity index (χ3n) is 4.79. The number of hydrogen-bond donors (Lipinski definition) is 5. The minimum absolute atomic E-state index is 0.247. The van der Waals surface area contributed by atoms with Crippen molar-refractivity contribution in [3.05, 3.63) is 69.6 Å². The SMILES string of the molecule is N=N/C(=C\NC1C(O)[C@@H](Sc2cc(Cl)cc(Cl)c2)OC(CO)[C@@H]1O)c1cc(F)c(F)c(F)c1. The molecule has 13 heteroatoms. The highest BCUT2D eigenvalue weighted by atomic mass is 35.5. The summed E-state index contributed by atoms with van der Waals surface area (Å²) in [6.07, 6.45) is -2.83. The second kappa shape index (κ2) is 11.0. The summed E-state index contributed by atoms with van der Waals surface area (Å²) in [6, 6.07) is 4.86. The second-order valence-corrected chi connectivity index (χ2v) is 9.06. The Hall–Kier alpha value is -1.86. The molecule has 3 rings (SSSR count). The Balaban J connectivity index is 1.85. The zero-order valence-electron chi connectivity index (χ0n) is 16.6. The van der Waals surface area contributed by atoms with Crippen molar-refractivity contribution in [2.45, 2.75) is 34.7 Å². The van der Waals surface area contributed by atoms with Gasteiger partial charge < -0.3 is 25.4 Å². The van der Waals surface area contributed by atoms with Gasteiger partial charge in [-0.2, -0.15) is 5.11 Å². The van der Waals surface area contributed by atoms with Crippen LogP contribution in [0.5, 0.6) is 0 Å². The smallest absolute Gasteiger partial charge is 0.194 e. The predicted octanol–water partition coefficient (Wildman–Crippen LogP) is 3.93. The van der Waals surface area contributed by atoms with Crippen molar-refractivity contribution in [3.8, 4) is 0 Å². The maximum atomic E-state index is 13.6. The average molecular weight is 524 g/mol. The van der Waals surface area contributed by atoms with Crippen molar-refractivity contribution >= 4 is 40.7 Å². The van der Waals surface area contributed by atoms with Crippen LogP contribution in [0.3, 0.4) is 0 Å². The number of benzene rings is 2. The van der Waals surface area contributed by atoms with E-state index < -0.39 is 53.8 Å². The highest BCUT2D eigenvalue weighted by Gasteiger charge is 2.44. The second-order valence-electron chi connectivity index (χ2n) is 7.02. The van der Waals surface area contributed by atoms with Gasteiger partial charge in [-0.25, -0.2) is 18.7 Å². The van der Waals surface area contributed by atoms with E-state index in [1.54, 1.807) is 12.1 Å². The van der Waals surface area contributed by atoms with Gasteiger partial charge >= 0.3 is 0 Å². The standard InChI is InChI=1S/C20H18Cl2F3N3O4S/c21-9-3-10(22)5-11(4-9)33-20-19(31)17(18(30)15(7-29)32-20)27-6-14(28-26)8-1-12(23)16(25)13(24)2-8/h1-6,15,17-20,26-27,29-31H,7H2/b14-6-,28-26?/t15?,17?,18-,19?,20+/m0/s1. The molecule has 0 amide bonds. The van der Waals surface area contributed by atoms with Gasteiger partial charge in [-0.15, -0.1) is 0 Å². The lowest BCUT2D eigenvalue weighted by Crippen LogP contribution is -2.61. The summed E-state index contributed by atoms with van der Waals surface area (Å²) in [7, 11) is 0. The van der Waals surface area contributed by atoms with E-state index in [1.807, 2.05) is 0 Å². The molecular weight excluding hydrogens is 506 g/mol. The normalized spacial score (nSPS) is 25.7. The molecule has 0 aliphatic carbocycles. The van der Waals surface area contributed by atoms with Gasteiger partial charge in [-0.05, 0) is 30.3 Å². The molecule has 0 radical (unpaired) electrons. The fraction of sp³-hybridized carbons (Fsp3) is 0.300. The topological polar surface area (TPSA) is 118 Å². The highest BCUT2D eigenvalue weighted by molar-refractivity contribution is 7.99. The predicted molar refractivity (Wildman–Crippen MR) is 116 cm³/mol. The van der Waals surface area contributed by atoms with Crippen molar-refractivity contribution in [3.63, 3.8) is 0 Å². The minimum atomic E-state index is -1.67. The monoisotopic (exact) mass is 523 g/mol. The van der Waals surface area contributed by atoms with Crippen LogP contribution in [0.4, 0.5) is 13.2 Å². The first-order valence-corrected chi connectivity index (χ1v) is 11.0. The zero-order chi connectivity index (χ0) is 24.3. The van der Waals surface area contributed by atoms with Gasteiger partial charge in [0.2, 0.25) is 0 Å². The number of aliphatic hydroxyl groups is 3. The van der Waals surface area contributed by atoms with Gasteiger partial charge in [-0.3, -0.25) is 0 Å². The molecule has 5 N–H and O–H groups in total. The van der Waals surface area contributed by atoms with E-state index >= 15 is 0 Å². The first-order chi connectivity index (χ1) is 15.6. The van der Waals surface area contributed by atoms with Crippen LogP contribution in [0.15, 0.2) is 46.5 Å². The van der Waals surface area contributed by atoms with Gasteiger partial charge in [0.1, 0.15) is 29.4 Å². The Bertz CT molecular complexity index is 1020. The van der Waals surface area contributed by atoms with E-state index in [0.29, 0.717) is 27.1 Å². The Kier molecular flexibility index (Phi) is 8.62. The summed E-state index contributed by atoms with van der Waals surface area (Å²) in [5.74, 6) is -4.61. The molecule has 178 valence electrons. The maximum Gasteiger partial charge on any atom is 0.194 e. The summed E-state index contributed by atoms with van der Waals surface area (Å²) >= 11 is 13.0. The van der Waals surface area contributed by atoms with Crippen LogP contribution in [0, 0.1) is 23.0 Å². The van der Waals surface area contributed by atoms with Crippen LogP contribution in [0.25, 0.3) is 5.70 Å². The summed E-state index contributed by atoms with van der Waals surface area (Å²) in [6.45, 7) is -0.576. The fourth-order valence-corrected chi connectivity index (χ4v) is 4.99. The zero-order valence-corrected chi connectivity index (χ0v) is 18.9. The van der Waals surface area contributed by atoms with E-state index in [2.05, 4.69) is 10.4 Å². The number of nitrogens with one attached hydrogen (secondary N) is 2. The van der Waals surface area contributed by atoms with E-state index in [0.717, 1.165) is 18.0 Å². The summed E-state index contributed by atoms with van der Waals surface area (Å²) in [5, 5.41) is 37.4. The lowest BCUT2D eigenvalue weighted by atomic mass is 9.97. The fourth-order valence-electron chi connectivity index (χ4n) is 3.17. The van der Waals surface area contributed by atoms with Crippen LogP contribution in [0.1, 0.15) is 5.56 Å². The molecule has 2 aromatic rings. The van der Waals surface area contributed by atoms with E-state index in [-0.39, 0.29) is 11.3 Å². The molecule has 0 bridgehead atoms. The minimum Gasteiger partial charge on any atom is -0.394 e. The Morgan fingerprint density at radius 3 is 2.24 bits per heavy atom. The molecule has 3 unspecified atom stereocenters. The molecule has 1 aliphatic heterocycles. The van der Waals surface area contributed by atoms with Gasteiger partial charge in [0, 0.05) is 26.7 Å². The largest absolute Gasteiger partial charge is 0.394 e. The molecule has 7 nitrogen and oxygen atoms in total. The van der Waals surface area contributed by atoms with Crippen LogP contribution >= 0.6 is 35.0 Å². The molecule has 1 heterocycles. The van der Waals surface area contributed by atoms with Crippen LogP contribution in [-0.4, -0.2) is 51.7 Å². The Morgan fingerprint density at radius 1 is 1.09 bits per heavy atom. The van der Waals surface area contributed by atoms with Crippen molar-refractivity contribution < 1.29 is 33.2 Å². The first-order valence-electron chi connectivity index (χ1n) is 9.38. The van der Waals surface area contributed by atoms with Crippen LogP contribution in [-0.2, 0) is 4.74 Å². The van der Waals surface area contributed by atoms with E-state index in [1.165, 1.54) is 6.07 Å². The van der Waals surface area contributed by atoms with Crippen molar-refractivity contribution in [2.24, 2.45) is 5.11 Å². The lowest BCUT2D eigenvalue weighted by molar-refractivity contribution is -0.164. The number of ether oxygens (including phenoxy) is 1. The summed E-state index contributed by atoms with van der Waals surface area (Å²) < 4.78 is 45.9. The maximum absolute atomic E-state index is 13.6. The highest BCUT2D eigenvalue weighted by Crippen LogP contribution is 2.36. The Morgan fingerprint density at radius 2 is 1.70 bits per heavy atom. The quantitative estimate of drug-likeness (QED) is 0.277. The molecule has 1 saturated heterocycles. The third kappa shape index (κ3) is 5.99. The summed E-state index contributed by atoms with van der Waals surface area (Å²) in [4.78, 5) is 0.554. The van der Waals surface area contributed by atoms with Crippen molar-refractivity contribution in [1.82, 2.24) is 5.32 Å². The molecule has 0 spiro atoms. The number of halogens is 5. The van der Waals surface area contributed by atoms with E-state index in [4.69, 9.17) is 33.5 Å². The van der Waals surface area contributed by atoms with Gasteiger partial charge in [-0.1, -0.05) is 35.0 Å². The Labute approximate surface area is 200 Å². The number of aliphatic hydroxyl groups excluding tert-OH is 3. The molecule has 1 aliphatic rings. The number of thioether (sulfide) groups is 1. The van der Waals surface area contributed by atoms with Gasteiger partial charge in [0.15, 0.2) is 17.5 Å².